The number of hydrogen-bond donors (Lipinski definition) is 2. The van der Waals surface area contributed by atoms with Gasteiger partial charge in [-0.05, 0) is 13.3 Å². The van der Waals surface area contributed by atoms with E-state index in [1.807, 2.05) is 13.8 Å². The molecular formula is C13H17N3O3S. The molecule has 108 valence electrons. The van der Waals surface area contributed by atoms with Crippen molar-refractivity contribution in [2.75, 3.05) is 0 Å². The van der Waals surface area contributed by atoms with Crippen molar-refractivity contribution in [2.24, 2.45) is 0 Å². The van der Waals surface area contributed by atoms with Crippen LogP contribution in [-0.2, 0) is 9.59 Å². The molecule has 7 heteroatoms. The Morgan fingerprint density at radius 3 is 2.70 bits per heavy atom. The van der Waals surface area contributed by atoms with Crippen LogP contribution in [0.5, 0.6) is 0 Å². The molecule has 1 saturated heterocycles. The molecular weight excluding hydrogens is 278 g/mol. The standard InChI is InChI=1S/C13H17N3O3S/c1-6(2)13-14-7(3)10(20-13)12(19)15-8-4-5-9(17)16-11(8)18/h6,8H,4-5H2,1-3H3,(H,15,19)(H,16,17,18). The minimum Gasteiger partial charge on any atom is -0.339 e. The fourth-order valence-electron chi connectivity index (χ4n) is 1.93. The Bertz CT molecular complexity index is 565. The van der Waals surface area contributed by atoms with Crippen LogP contribution in [0.15, 0.2) is 0 Å². The first-order valence-electron chi connectivity index (χ1n) is 6.50. The van der Waals surface area contributed by atoms with Gasteiger partial charge in [-0.1, -0.05) is 13.8 Å². The predicted octanol–water partition coefficient (Wildman–Crippen LogP) is 1.11. The first-order valence-corrected chi connectivity index (χ1v) is 7.32. The van der Waals surface area contributed by atoms with Crippen LogP contribution in [0.25, 0.3) is 0 Å². The summed E-state index contributed by atoms with van der Waals surface area (Å²) in [4.78, 5) is 39.7. The van der Waals surface area contributed by atoms with Gasteiger partial charge in [-0.25, -0.2) is 4.98 Å². The Kier molecular flexibility index (Phi) is 4.17. The summed E-state index contributed by atoms with van der Waals surface area (Å²) in [7, 11) is 0. The Morgan fingerprint density at radius 2 is 2.15 bits per heavy atom. The van der Waals surface area contributed by atoms with E-state index in [0.717, 1.165) is 5.01 Å². The Hall–Kier alpha value is -1.76. The van der Waals surface area contributed by atoms with E-state index in [4.69, 9.17) is 0 Å². The summed E-state index contributed by atoms with van der Waals surface area (Å²) in [6.07, 6.45) is 0.584. The van der Waals surface area contributed by atoms with E-state index >= 15 is 0 Å². The van der Waals surface area contributed by atoms with Crippen molar-refractivity contribution in [3.8, 4) is 0 Å². The first-order chi connectivity index (χ1) is 9.38. The van der Waals surface area contributed by atoms with E-state index in [2.05, 4.69) is 15.6 Å². The summed E-state index contributed by atoms with van der Waals surface area (Å²) in [5.41, 5.74) is 0.670. The number of carbonyl (C=O) groups is 3. The van der Waals surface area contributed by atoms with Crippen LogP contribution in [0, 0.1) is 6.92 Å². The van der Waals surface area contributed by atoms with Gasteiger partial charge in [0, 0.05) is 12.3 Å². The van der Waals surface area contributed by atoms with Gasteiger partial charge in [0.25, 0.3) is 5.91 Å². The highest BCUT2D eigenvalue weighted by atomic mass is 32.1. The predicted molar refractivity (Wildman–Crippen MR) is 74.6 cm³/mol. The number of hydrogen-bond acceptors (Lipinski definition) is 5. The molecule has 1 aliphatic heterocycles. The zero-order chi connectivity index (χ0) is 14.9. The Labute approximate surface area is 121 Å². The number of piperidine rings is 1. The van der Waals surface area contributed by atoms with Crippen molar-refractivity contribution in [1.29, 1.82) is 0 Å². The maximum atomic E-state index is 12.2. The van der Waals surface area contributed by atoms with Crippen LogP contribution < -0.4 is 10.6 Å². The van der Waals surface area contributed by atoms with E-state index in [1.165, 1.54) is 11.3 Å². The monoisotopic (exact) mass is 295 g/mol. The summed E-state index contributed by atoms with van der Waals surface area (Å²) in [6.45, 7) is 5.81. The first kappa shape index (κ1) is 14.6. The molecule has 20 heavy (non-hydrogen) atoms. The Morgan fingerprint density at radius 1 is 1.45 bits per heavy atom. The van der Waals surface area contributed by atoms with Gasteiger partial charge in [0.15, 0.2) is 0 Å². The van der Waals surface area contributed by atoms with Crippen LogP contribution in [0.1, 0.15) is 53.0 Å². The average molecular weight is 295 g/mol. The molecule has 1 aromatic heterocycles. The number of nitrogens with one attached hydrogen (secondary N) is 2. The average Bonchev–Trinajstić information content (AvgIpc) is 2.75. The summed E-state index contributed by atoms with van der Waals surface area (Å²) in [5, 5.41) is 5.78. The van der Waals surface area contributed by atoms with Crippen LogP contribution in [0.4, 0.5) is 0 Å². The normalized spacial score (nSPS) is 19.1. The zero-order valence-electron chi connectivity index (χ0n) is 11.6. The summed E-state index contributed by atoms with van der Waals surface area (Å²) in [6, 6.07) is -0.649. The Balaban J connectivity index is 2.08. The number of nitrogens with zero attached hydrogens (tertiary/aromatic N) is 1. The molecule has 2 rings (SSSR count). The number of rotatable bonds is 3. The molecule has 1 atom stereocenters. The molecule has 1 fully saturated rings. The van der Waals surface area contributed by atoms with Gasteiger partial charge < -0.3 is 5.32 Å². The third-order valence-corrected chi connectivity index (χ3v) is 4.51. The molecule has 1 aliphatic rings. The third-order valence-electron chi connectivity index (χ3n) is 3.06. The van der Waals surface area contributed by atoms with Crippen LogP contribution in [0.3, 0.4) is 0 Å². The lowest BCUT2D eigenvalue weighted by Crippen LogP contribution is -2.52. The number of amides is 3. The third kappa shape index (κ3) is 3.04. The van der Waals surface area contributed by atoms with Gasteiger partial charge in [0.1, 0.15) is 10.9 Å². The molecule has 2 heterocycles. The van der Waals surface area contributed by atoms with E-state index in [0.29, 0.717) is 17.0 Å². The van der Waals surface area contributed by atoms with E-state index in [9.17, 15) is 14.4 Å². The highest BCUT2D eigenvalue weighted by Crippen LogP contribution is 2.24. The van der Waals surface area contributed by atoms with Crippen LogP contribution >= 0.6 is 11.3 Å². The lowest BCUT2D eigenvalue weighted by Gasteiger charge is -2.21. The van der Waals surface area contributed by atoms with Crippen molar-refractivity contribution < 1.29 is 14.4 Å². The number of aryl methyl sites for hydroxylation is 1. The number of imide groups is 1. The minimum atomic E-state index is -0.649. The van der Waals surface area contributed by atoms with Crippen molar-refractivity contribution in [3.05, 3.63) is 15.6 Å². The molecule has 0 saturated carbocycles. The topological polar surface area (TPSA) is 88.2 Å². The molecule has 0 aliphatic carbocycles. The molecule has 6 nitrogen and oxygen atoms in total. The van der Waals surface area contributed by atoms with Crippen molar-refractivity contribution in [3.63, 3.8) is 0 Å². The summed E-state index contributed by atoms with van der Waals surface area (Å²) < 4.78 is 0. The fourth-order valence-corrected chi connectivity index (χ4v) is 2.90. The number of thiazole rings is 1. The number of aromatic nitrogens is 1. The fraction of sp³-hybridized carbons (Fsp3) is 0.538. The molecule has 1 unspecified atom stereocenters. The molecule has 2 N–H and O–H groups in total. The van der Waals surface area contributed by atoms with Gasteiger partial charge in [-0.2, -0.15) is 0 Å². The van der Waals surface area contributed by atoms with Crippen LogP contribution in [-0.4, -0.2) is 28.7 Å². The minimum absolute atomic E-state index is 0.246. The van der Waals surface area contributed by atoms with Crippen molar-refractivity contribution >= 4 is 29.1 Å². The van der Waals surface area contributed by atoms with Gasteiger partial charge in [-0.15, -0.1) is 11.3 Å². The van der Waals surface area contributed by atoms with Gasteiger partial charge in [0.05, 0.1) is 10.7 Å². The second-order valence-corrected chi connectivity index (χ2v) is 6.13. The smallest absolute Gasteiger partial charge is 0.263 e. The molecule has 0 radical (unpaired) electrons. The van der Waals surface area contributed by atoms with Gasteiger partial charge in [-0.3, -0.25) is 19.7 Å². The maximum Gasteiger partial charge on any atom is 0.263 e. The molecule has 1 aromatic rings. The molecule has 0 bridgehead atoms. The summed E-state index contributed by atoms with van der Waals surface area (Å²) in [5.74, 6) is -0.783. The SMILES string of the molecule is Cc1nc(C(C)C)sc1C(=O)NC1CCC(=O)NC1=O. The molecule has 3 amide bonds. The van der Waals surface area contributed by atoms with E-state index in [-0.39, 0.29) is 24.2 Å². The van der Waals surface area contributed by atoms with Crippen molar-refractivity contribution in [1.82, 2.24) is 15.6 Å². The van der Waals surface area contributed by atoms with Crippen molar-refractivity contribution in [2.45, 2.75) is 45.6 Å². The quantitative estimate of drug-likeness (QED) is 0.818. The summed E-state index contributed by atoms with van der Waals surface area (Å²) >= 11 is 1.34. The lowest BCUT2D eigenvalue weighted by molar-refractivity contribution is -0.134. The van der Waals surface area contributed by atoms with Gasteiger partial charge in [0.2, 0.25) is 11.8 Å². The highest BCUT2D eigenvalue weighted by Gasteiger charge is 2.29. The second-order valence-electron chi connectivity index (χ2n) is 5.10. The highest BCUT2D eigenvalue weighted by molar-refractivity contribution is 7.13. The largest absolute Gasteiger partial charge is 0.339 e. The molecule has 0 aromatic carbocycles. The molecule has 0 spiro atoms. The van der Waals surface area contributed by atoms with E-state index < -0.39 is 11.9 Å². The van der Waals surface area contributed by atoms with Gasteiger partial charge >= 0.3 is 0 Å². The van der Waals surface area contributed by atoms with E-state index in [1.54, 1.807) is 6.92 Å². The lowest BCUT2D eigenvalue weighted by atomic mass is 10.1. The zero-order valence-corrected chi connectivity index (χ0v) is 12.5. The number of carbonyl (C=O) groups excluding carboxylic acids is 3. The maximum absolute atomic E-state index is 12.2. The van der Waals surface area contributed by atoms with Crippen LogP contribution in [0.2, 0.25) is 0 Å². The second kappa shape index (κ2) is 5.70.